The van der Waals surface area contributed by atoms with Gasteiger partial charge in [-0.05, 0) is 125 Å². The molecule has 7 rings (SSSR count). The van der Waals surface area contributed by atoms with Gasteiger partial charge in [0, 0.05) is 69.0 Å². The van der Waals surface area contributed by atoms with Gasteiger partial charge < -0.3 is 60.0 Å². The number of benzene rings is 1. The highest BCUT2D eigenvalue weighted by molar-refractivity contribution is 6.31. The molecule has 7 atom stereocenters. The summed E-state index contributed by atoms with van der Waals surface area (Å²) in [6, 6.07) is -5.46. The Bertz CT molecular complexity index is 3100. The van der Waals surface area contributed by atoms with Crippen molar-refractivity contribution in [3.05, 3.63) is 34.3 Å². The Hall–Kier alpha value is -7.06. The van der Waals surface area contributed by atoms with E-state index in [0.717, 1.165) is 84.6 Å². The molecule has 558 valence electrons. The van der Waals surface area contributed by atoms with Crippen molar-refractivity contribution in [2.45, 2.75) is 242 Å². The fourth-order valence-corrected chi connectivity index (χ4v) is 16.1. The molecule has 3 aliphatic carbocycles. The number of aryl methyl sites for hydroxylation is 1. The van der Waals surface area contributed by atoms with Crippen LogP contribution in [-0.2, 0) is 70.1 Å². The van der Waals surface area contributed by atoms with Crippen LogP contribution in [0.15, 0.2) is 18.2 Å². The van der Waals surface area contributed by atoms with E-state index in [9.17, 15) is 41.9 Å². The first-order chi connectivity index (χ1) is 47.3. The molecule has 3 saturated heterocycles. The lowest BCUT2D eigenvalue weighted by Crippen LogP contribution is -2.65. The smallest absolute Gasteiger partial charge is 0.343 e. The number of likely N-dealkylation sites (N-methyl/N-ethyl adjacent to an activating group) is 7. The topological polar surface area (TPSA) is 270 Å². The Morgan fingerprint density at radius 2 is 1.19 bits per heavy atom. The predicted molar refractivity (Wildman–Crippen MR) is 369 cm³/mol. The van der Waals surface area contributed by atoms with Gasteiger partial charge >= 0.3 is 6.18 Å². The summed E-state index contributed by atoms with van der Waals surface area (Å²) in [5.74, 6) is -8.16. The van der Waals surface area contributed by atoms with Gasteiger partial charge in [0.25, 0.3) is 0 Å². The normalized spacial score (nSPS) is 26.6. The molecule has 24 nitrogen and oxygen atoms in total. The molecular formula is C72H110ClF3N12O12. The molecule has 1 spiro atoms. The Labute approximate surface area is 593 Å². The molecule has 6 aliphatic rings. The van der Waals surface area contributed by atoms with E-state index in [-0.39, 0.29) is 69.7 Å². The first-order valence-electron chi connectivity index (χ1n) is 36.4. The molecule has 3 aliphatic heterocycles. The molecule has 3 N–H and O–H groups in total. The minimum atomic E-state index is -4.76. The zero-order valence-corrected chi connectivity index (χ0v) is 61.3. The van der Waals surface area contributed by atoms with Gasteiger partial charge in [0.15, 0.2) is 0 Å². The van der Waals surface area contributed by atoms with E-state index >= 15 is 28.8 Å². The van der Waals surface area contributed by atoms with Crippen LogP contribution in [0.4, 0.5) is 13.2 Å². The van der Waals surface area contributed by atoms with Crippen molar-refractivity contribution < 1.29 is 70.7 Å². The maximum absolute atomic E-state index is 15.8. The predicted octanol–water partition coefficient (Wildman–Crippen LogP) is 6.18. The van der Waals surface area contributed by atoms with Crippen LogP contribution in [0.3, 0.4) is 0 Å². The highest BCUT2D eigenvalue weighted by Crippen LogP contribution is 2.38. The minimum absolute atomic E-state index is 0.0223. The molecule has 6 fully saturated rings. The van der Waals surface area contributed by atoms with Crippen LogP contribution in [0.5, 0.6) is 0 Å². The number of nitrogens with zero attached hydrogens (tertiary/aromatic N) is 9. The Balaban J connectivity index is 1.28. The van der Waals surface area contributed by atoms with Gasteiger partial charge in [0.1, 0.15) is 47.8 Å². The van der Waals surface area contributed by atoms with Crippen molar-refractivity contribution in [2.24, 2.45) is 17.8 Å². The zero-order valence-electron chi connectivity index (χ0n) is 60.6. The molecule has 0 bridgehead atoms. The Morgan fingerprint density at radius 3 is 1.80 bits per heavy atom. The first kappa shape index (κ1) is 80.3. The fourth-order valence-electron chi connectivity index (χ4n) is 15.8. The van der Waals surface area contributed by atoms with Crippen LogP contribution in [0, 0.1) is 17.8 Å². The molecule has 0 aromatic heterocycles. The van der Waals surface area contributed by atoms with E-state index in [2.05, 4.69) is 16.0 Å². The molecule has 1 aromatic rings. The van der Waals surface area contributed by atoms with E-state index < -0.39 is 167 Å². The van der Waals surface area contributed by atoms with Crippen molar-refractivity contribution in [3.8, 4) is 0 Å². The highest BCUT2D eigenvalue weighted by Gasteiger charge is 2.51. The quantitative estimate of drug-likeness (QED) is 0.224. The average molecular weight is 1430 g/mol. The van der Waals surface area contributed by atoms with Crippen LogP contribution in [0.2, 0.25) is 5.02 Å². The summed E-state index contributed by atoms with van der Waals surface area (Å²) in [6.45, 7) is 4.70. The lowest BCUT2D eigenvalue weighted by atomic mass is 9.81. The SMILES string of the molecule is CCC[C@@H]1NC(=O)[C@H](CC(C)C)N(C)C(=O)C[C@@H](C(=O)N2CCCCC2)N(C)C(=O)[C@H](C2CCCCC2)N(C)C(=O)C2(CCCC2)NC(=O)C2CCCN2C(=O)[C@H](CCc2ccc(C(F)(F)F)c(Cl)c2)NC(=O)CN(C)C(=O)[C@H](CC2CCCCC2)N(C)C(=O)CN(C)C(=O)CN(C)C1=O. The van der Waals surface area contributed by atoms with Crippen molar-refractivity contribution in [1.82, 2.24) is 60.0 Å². The number of carbonyl (C=O) groups excluding carboxylic acids is 12. The summed E-state index contributed by atoms with van der Waals surface area (Å²) < 4.78 is 41.6. The van der Waals surface area contributed by atoms with Crippen LogP contribution in [0.1, 0.15) is 192 Å². The third-order valence-electron chi connectivity index (χ3n) is 21.8. The third kappa shape index (κ3) is 20.4. The largest absolute Gasteiger partial charge is 0.417 e. The van der Waals surface area contributed by atoms with Crippen molar-refractivity contribution in [1.29, 1.82) is 0 Å². The van der Waals surface area contributed by atoms with Crippen molar-refractivity contribution in [2.75, 3.05) is 88.6 Å². The number of piperidine rings is 1. The van der Waals surface area contributed by atoms with Crippen molar-refractivity contribution >= 4 is 82.5 Å². The van der Waals surface area contributed by atoms with Crippen LogP contribution >= 0.6 is 11.6 Å². The number of amides is 12. The Morgan fingerprint density at radius 1 is 0.600 bits per heavy atom. The van der Waals surface area contributed by atoms with Gasteiger partial charge in [-0.15, -0.1) is 0 Å². The van der Waals surface area contributed by atoms with Gasteiger partial charge in [-0.1, -0.05) is 109 Å². The third-order valence-corrected chi connectivity index (χ3v) is 22.1. The van der Waals surface area contributed by atoms with Gasteiger partial charge in [-0.2, -0.15) is 13.2 Å². The van der Waals surface area contributed by atoms with Gasteiger partial charge in [-0.25, -0.2) is 0 Å². The summed E-state index contributed by atoms with van der Waals surface area (Å²) in [5.41, 5.74) is -2.33. The number of nitrogens with one attached hydrogen (secondary N) is 3. The summed E-state index contributed by atoms with van der Waals surface area (Å²) in [4.78, 5) is 190. The lowest BCUT2D eigenvalue weighted by Gasteiger charge is -2.43. The van der Waals surface area contributed by atoms with Crippen LogP contribution in [-0.4, -0.2) is 251 Å². The standard InChI is InChI=1S/C72H110ClF3N12O12/c1-11-24-52-65(95)82(6)44-60(91)80(4)45-61(92)84(8)56(41-47-25-15-12-16-26-47)67(97)81(5)43-58(89)77-53(33-31-48-30-32-50(51(73)40-48)72(74,75)76)66(96)88-38-23-29-54(88)64(94)79-71(34-19-20-35-71)70(100)86(10)62(49-27-17-13-18-28-49)69(99)85(9)57(68(98)87-36-21-14-22-37-87)42-59(90)83(7)55(39-46(2)3)63(93)78-52/h30,32,40,46-47,49,52-57,62H,11-29,31,33-39,41-45H2,1-10H3,(H,77,89)(H,78,93)(H,79,94)/t52-,53-,54?,55-,56-,57-,62-/m0/s1. The van der Waals surface area contributed by atoms with E-state index in [1.165, 1.54) is 79.9 Å². The number of hydrogen-bond acceptors (Lipinski definition) is 12. The zero-order chi connectivity index (χ0) is 73.5. The molecule has 28 heteroatoms. The van der Waals surface area contributed by atoms with E-state index in [0.29, 0.717) is 70.0 Å². The second-order valence-corrected chi connectivity index (χ2v) is 30.1. The van der Waals surface area contributed by atoms with Crippen LogP contribution < -0.4 is 16.0 Å². The van der Waals surface area contributed by atoms with Crippen LogP contribution in [0.25, 0.3) is 0 Å². The van der Waals surface area contributed by atoms with E-state index in [4.69, 9.17) is 11.6 Å². The van der Waals surface area contributed by atoms with E-state index in [1.54, 1.807) is 4.90 Å². The molecule has 1 aromatic carbocycles. The molecular weight excluding hydrogens is 1320 g/mol. The van der Waals surface area contributed by atoms with Crippen molar-refractivity contribution in [3.63, 3.8) is 0 Å². The summed E-state index contributed by atoms with van der Waals surface area (Å²) in [7, 11) is 10.0. The number of fused-ring (bicyclic) bond motifs is 1. The summed E-state index contributed by atoms with van der Waals surface area (Å²) >= 11 is 6.16. The molecule has 100 heavy (non-hydrogen) atoms. The average Bonchev–Trinajstić information content (AvgIpc) is 1.45. The second kappa shape index (κ2) is 36.2. The van der Waals surface area contributed by atoms with Gasteiger partial charge in [0.2, 0.25) is 70.9 Å². The summed E-state index contributed by atoms with van der Waals surface area (Å²) in [6.07, 6.45) is 7.32. The van der Waals surface area contributed by atoms with E-state index in [1.807, 2.05) is 20.8 Å². The van der Waals surface area contributed by atoms with Gasteiger partial charge in [-0.3, -0.25) is 57.5 Å². The number of halogens is 4. The molecule has 0 radical (unpaired) electrons. The second-order valence-electron chi connectivity index (χ2n) is 29.7. The maximum Gasteiger partial charge on any atom is 0.417 e. The Kier molecular flexibility index (Phi) is 29.0. The number of hydrogen-bond donors (Lipinski definition) is 3. The number of rotatable bonds is 11. The number of carbonyl (C=O) groups is 12. The monoisotopic (exact) mass is 1430 g/mol. The van der Waals surface area contributed by atoms with Gasteiger partial charge in [0.05, 0.1) is 36.6 Å². The lowest BCUT2D eigenvalue weighted by molar-refractivity contribution is -0.157. The summed E-state index contributed by atoms with van der Waals surface area (Å²) in [5, 5.41) is 8.15. The molecule has 1 unspecified atom stereocenters. The molecule has 12 amide bonds. The minimum Gasteiger partial charge on any atom is -0.343 e. The number of likely N-dealkylation sites (tertiary alicyclic amines) is 1. The maximum atomic E-state index is 15.8. The molecule has 3 saturated carbocycles. The molecule has 3 heterocycles. The fraction of sp³-hybridized carbons (Fsp3) is 0.750. The first-order valence-corrected chi connectivity index (χ1v) is 36.8. The highest BCUT2D eigenvalue weighted by atomic mass is 35.5. The number of alkyl halides is 3.